The van der Waals surface area contributed by atoms with Gasteiger partial charge in [-0.25, -0.2) is 19.2 Å². The van der Waals surface area contributed by atoms with E-state index in [1.807, 2.05) is 0 Å². The smallest absolute Gasteiger partial charge is 0.338 e. The Morgan fingerprint density at radius 1 is 0.745 bits per heavy atom. The maximum absolute atomic E-state index is 13.2. The summed E-state index contributed by atoms with van der Waals surface area (Å²) in [5, 5.41) is 16.3. The predicted octanol–water partition coefficient (Wildman–Crippen LogP) is 4.64. The van der Waals surface area contributed by atoms with E-state index >= 15 is 0 Å². The lowest BCUT2D eigenvalue weighted by Gasteiger charge is -2.29. The van der Waals surface area contributed by atoms with Gasteiger partial charge >= 0.3 is 30.0 Å². The molecule has 0 saturated carbocycles. The number of rotatable bonds is 12. The molecule has 16 heteroatoms. The Hall–Kier alpha value is -5.34. The molecule has 2 atom stereocenters. The van der Waals surface area contributed by atoms with Crippen LogP contribution in [0.3, 0.4) is 0 Å². The topological polar surface area (TPSA) is 179 Å². The van der Waals surface area contributed by atoms with E-state index in [9.17, 15) is 24.0 Å². The van der Waals surface area contributed by atoms with E-state index in [-0.39, 0.29) is 48.7 Å². The van der Waals surface area contributed by atoms with Crippen LogP contribution in [-0.2, 0) is 41.6 Å². The Morgan fingerprint density at radius 3 is 1.71 bits per heavy atom. The number of urea groups is 2. The summed E-state index contributed by atoms with van der Waals surface area (Å²) in [6, 6.07) is 10.5. The maximum Gasteiger partial charge on any atom is 0.338 e. The van der Waals surface area contributed by atoms with Gasteiger partial charge in [0.05, 0.1) is 66.5 Å². The highest BCUT2D eigenvalue weighted by molar-refractivity contribution is 6.30. The van der Waals surface area contributed by atoms with E-state index in [4.69, 9.17) is 37.4 Å². The van der Waals surface area contributed by atoms with E-state index in [0.29, 0.717) is 38.1 Å². The van der Waals surface area contributed by atoms with Crippen molar-refractivity contribution in [2.75, 3.05) is 19.8 Å². The van der Waals surface area contributed by atoms with E-state index in [1.54, 1.807) is 80.9 Å². The minimum Gasteiger partial charge on any atom is -0.463 e. The molecule has 2 aromatic carbocycles. The number of amides is 4. The molecule has 0 aliphatic carbocycles. The van der Waals surface area contributed by atoms with Crippen molar-refractivity contribution in [2.45, 2.75) is 52.7 Å². The number of hydrogen-bond donors (Lipinski definition) is 4. The molecule has 2 aliphatic rings. The number of aromatic nitrogens is 2. The molecule has 14 nitrogen and oxygen atoms in total. The zero-order chi connectivity index (χ0) is 36.8. The maximum atomic E-state index is 13.2. The number of halogens is 2. The van der Waals surface area contributed by atoms with Crippen molar-refractivity contribution < 1.29 is 38.2 Å². The van der Waals surface area contributed by atoms with E-state index in [1.165, 1.54) is 0 Å². The van der Waals surface area contributed by atoms with Gasteiger partial charge in [-0.05, 0) is 63.1 Å². The Bertz CT molecular complexity index is 1920. The van der Waals surface area contributed by atoms with Crippen LogP contribution in [0.2, 0.25) is 10.0 Å². The van der Waals surface area contributed by atoms with Gasteiger partial charge in [-0.15, -0.1) is 0 Å². The number of allylic oxidation sites excluding steroid dienone is 1. The standard InChI is InChI=1S/C35H36Cl2N6O8/c1-5-49-32(45)28-25(38-34(47)40-30(28)20-7-11-22(36)12-8-20)16-43-19(4)24(18(3)42-43)15-27(44)51-17-26-29(33(46)50-6-2)31(41-35(48)39-26)21-9-13-23(37)14-10-21/h7-14,30-31H,5-6,15-17H2,1-4H3,(H2,38,40,47)(H2,39,41,48)/t30-,31+/m0/s1. The van der Waals surface area contributed by atoms with Crippen LogP contribution < -0.4 is 21.3 Å². The van der Waals surface area contributed by atoms with E-state index in [2.05, 4.69) is 26.4 Å². The fraction of sp³-hybridized carbons (Fsp3) is 0.314. The summed E-state index contributed by atoms with van der Waals surface area (Å²) in [7, 11) is 0. The van der Waals surface area contributed by atoms with Gasteiger partial charge < -0.3 is 35.5 Å². The molecule has 5 rings (SSSR count). The second kappa shape index (κ2) is 16.1. The number of hydrogen-bond acceptors (Lipinski definition) is 9. The van der Waals surface area contributed by atoms with Crippen LogP contribution in [0, 0.1) is 13.8 Å². The van der Waals surface area contributed by atoms with Crippen LogP contribution in [0.25, 0.3) is 0 Å². The molecule has 3 heterocycles. The molecule has 51 heavy (non-hydrogen) atoms. The minimum absolute atomic E-state index is 0.0196. The first-order valence-corrected chi connectivity index (χ1v) is 16.8. The molecule has 0 saturated heterocycles. The molecule has 4 amide bonds. The second-order valence-corrected chi connectivity index (χ2v) is 12.4. The Balaban J connectivity index is 1.38. The number of aryl methyl sites for hydroxylation is 1. The van der Waals surface area contributed by atoms with Gasteiger partial charge in [-0.3, -0.25) is 9.48 Å². The first kappa shape index (κ1) is 36.9. The molecule has 3 aromatic rings. The summed E-state index contributed by atoms with van der Waals surface area (Å²) in [5.74, 6) is -1.97. The largest absolute Gasteiger partial charge is 0.463 e. The van der Waals surface area contributed by atoms with Crippen LogP contribution in [-0.4, -0.2) is 59.6 Å². The lowest BCUT2D eigenvalue weighted by atomic mass is 9.95. The van der Waals surface area contributed by atoms with Gasteiger partial charge in [-0.2, -0.15) is 5.10 Å². The summed E-state index contributed by atoms with van der Waals surface area (Å²) in [6.07, 6.45) is -0.197. The van der Waals surface area contributed by atoms with Crippen LogP contribution in [0.4, 0.5) is 9.59 Å². The third-order valence-corrected chi connectivity index (χ3v) is 8.75. The van der Waals surface area contributed by atoms with Crippen molar-refractivity contribution >= 4 is 53.2 Å². The summed E-state index contributed by atoms with van der Waals surface area (Å²) in [5.41, 5.74) is 3.47. The zero-order valence-electron chi connectivity index (χ0n) is 28.2. The van der Waals surface area contributed by atoms with Crippen molar-refractivity contribution in [2.24, 2.45) is 0 Å². The number of carbonyl (C=O) groups is 5. The third-order valence-electron chi connectivity index (χ3n) is 8.24. The fourth-order valence-electron chi connectivity index (χ4n) is 5.83. The Labute approximate surface area is 303 Å². The van der Waals surface area contributed by atoms with Gasteiger partial charge in [0.25, 0.3) is 0 Å². The SMILES string of the molecule is CCOC(=O)C1=C(Cn2nc(C)c(CC(=O)OCC3=C(C(=O)OCC)[C@@H](c4ccc(Cl)cc4)NC(=O)N3)c2C)NC(=O)N[C@H]1c1ccc(Cl)cc1. The predicted molar refractivity (Wildman–Crippen MR) is 185 cm³/mol. The van der Waals surface area contributed by atoms with Crippen LogP contribution in [0.15, 0.2) is 71.1 Å². The third kappa shape index (κ3) is 8.52. The first-order valence-electron chi connectivity index (χ1n) is 16.0. The van der Waals surface area contributed by atoms with Gasteiger partial charge in [0.2, 0.25) is 0 Å². The Kier molecular flexibility index (Phi) is 11.7. The molecule has 0 bridgehead atoms. The lowest BCUT2D eigenvalue weighted by molar-refractivity contribution is -0.143. The number of benzene rings is 2. The van der Waals surface area contributed by atoms with Crippen molar-refractivity contribution in [1.29, 1.82) is 0 Å². The van der Waals surface area contributed by atoms with E-state index in [0.717, 1.165) is 0 Å². The monoisotopic (exact) mass is 738 g/mol. The van der Waals surface area contributed by atoms with Gasteiger partial charge in [0.1, 0.15) is 6.61 Å². The Morgan fingerprint density at radius 2 is 1.22 bits per heavy atom. The summed E-state index contributed by atoms with van der Waals surface area (Å²) in [6.45, 7) is 6.56. The zero-order valence-corrected chi connectivity index (χ0v) is 29.7. The average Bonchev–Trinajstić information content (AvgIpc) is 3.34. The molecule has 268 valence electrons. The van der Waals surface area contributed by atoms with E-state index < -0.39 is 48.7 Å². The van der Waals surface area contributed by atoms with Crippen LogP contribution >= 0.6 is 23.2 Å². The quantitative estimate of drug-likeness (QED) is 0.152. The van der Waals surface area contributed by atoms with Gasteiger partial charge in [0.15, 0.2) is 0 Å². The molecule has 0 spiro atoms. The average molecular weight is 740 g/mol. The molecule has 2 aliphatic heterocycles. The number of esters is 3. The summed E-state index contributed by atoms with van der Waals surface area (Å²) >= 11 is 12.1. The highest BCUT2D eigenvalue weighted by atomic mass is 35.5. The number of ether oxygens (including phenoxy) is 3. The van der Waals surface area contributed by atoms with Crippen molar-refractivity contribution in [3.05, 3.63) is 109 Å². The lowest BCUT2D eigenvalue weighted by Crippen LogP contribution is -2.47. The molecule has 0 fully saturated rings. The number of nitrogens with zero attached hydrogens (tertiary/aromatic N) is 2. The normalized spacial score (nSPS) is 17.2. The van der Waals surface area contributed by atoms with Crippen molar-refractivity contribution in [1.82, 2.24) is 31.0 Å². The summed E-state index contributed by atoms with van der Waals surface area (Å²) in [4.78, 5) is 65.0. The number of carbonyl (C=O) groups excluding carboxylic acids is 5. The molecular formula is C35H36Cl2N6O8. The van der Waals surface area contributed by atoms with Crippen molar-refractivity contribution in [3.63, 3.8) is 0 Å². The first-order chi connectivity index (χ1) is 24.4. The molecular weight excluding hydrogens is 703 g/mol. The molecule has 0 unspecified atom stereocenters. The number of nitrogens with one attached hydrogen (secondary N) is 4. The molecule has 0 radical (unpaired) electrons. The van der Waals surface area contributed by atoms with Crippen LogP contribution in [0.5, 0.6) is 0 Å². The summed E-state index contributed by atoms with van der Waals surface area (Å²) < 4.78 is 17.8. The fourth-order valence-corrected chi connectivity index (χ4v) is 6.08. The van der Waals surface area contributed by atoms with Gasteiger partial charge in [-0.1, -0.05) is 47.5 Å². The highest BCUT2D eigenvalue weighted by Gasteiger charge is 2.36. The second-order valence-electron chi connectivity index (χ2n) is 11.5. The molecule has 4 N–H and O–H groups in total. The highest BCUT2D eigenvalue weighted by Crippen LogP contribution is 2.31. The molecule has 1 aromatic heterocycles. The van der Waals surface area contributed by atoms with Crippen LogP contribution in [0.1, 0.15) is 54.0 Å². The minimum atomic E-state index is -0.880. The van der Waals surface area contributed by atoms with Crippen molar-refractivity contribution in [3.8, 4) is 0 Å². The van der Waals surface area contributed by atoms with Gasteiger partial charge in [0, 0.05) is 21.3 Å².